The Morgan fingerprint density at radius 2 is 0.694 bits per heavy atom. The van der Waals surface area contributed by atoms with E-state index in [0.717, 1.165) is 11.2 Å². The Morgan fingerprint density at radius 1 is 0.274 bits per heavy atom. The summed E-state index contributed by atoms with van der Waals surface area (Å²) in [6, 6.07) is 29.6. The van der Waals surface area contributed by atoms with Crippen molar-refractivity contribution in [1.29, 1.82) is 0 Å². The fourth-order valence-electron chi connectivity index (χ4n) is 11.5. The van der Waals surface area contributed by atoms with Crippen molar-refractivity contribution in [3.05, 3.63) is 78.9 Å². The van der Waals surface area contributed by atoms with Gasteiger partial charge in [-0.05, 0) is 88.6 Å². The molecule has 0 amide bonds. The van der Waals surface area contributed by atoms with Crippen molar-refractivity contribution in [1.82, 2.24) is 0 Å². The van der Waals surface area contributed by atoms with E-state index < -0.39 is 0 Å². The SMILES string of the molecule is Bc1c(B)c(B)c2c(oc3c(B)c(B)c(-c4c5c(B)c(B)c(B)c(B)c5c(-c5cccc(-c6cc7ccccc7c7ccccc67)c5)c5c(B)c(B)c(B)c(B)c45)c(B)c32)c1B. The lowest BCUT2D eigenvalue weighted by atomic mass is 9.58. The van der Waals surface area contributed by atoms with Crippen molar-refractivity contribution in [3.63, 3.8) is 0 Å². The van der Waals surface area contributed by atoms with Crippen LogP contribution in [0.2, 0.25) is 0 Å². The smallest absolute Gasteiger partial charge is 0.143 e. The summed E-state index contributed by atoms with van der Waals surface area (Å²) in [6.45, 7) is 0. The van der Waals surface area contributed by atoms with Crippen LogP contribution in [0.25, 0.3) is 98.4 Å². The molecule has 0 aliphatic rings. The average molecular weight is 774 g/mol. The summed E-state index contributed by atoms with van der Waals surface area (Å²) >= 11 is 0. The highest BCUT2D eigenvalue weighted by Crippen LogP contribution is 2.42. The molecule has 0 saturated heterocycles. The summed E-state index contributed by atoms with van der Waals surface area (Å²) in [5.41, 5.74) is 29.9. The first-order valence-corrected chi connectivity index (χ1v) is 22.5. The predicted octanol–water partition coefficient (Wildman–Crippen LogP) is -12.9. The fraction of sp³-hybridized carbons (Fsp3) is 0. The second-order valence-electron chi connectivity index (χ2n) is 18.8. The first kappa shape index (κ1) is 40.8. The van der Waals surface area contributed by atoms with Crippen LogP contribution >= 0.6 is 0 Å². The van der Waals surface area contributed by atoms with Crippen LogP contribution in [0, 0.1) is 0 Å². The minimum absolute atomic E-state index is 1.03. The second-order valence-corrected chi connectivity index (χ2v) is 18.8. The lowest BCUT2D eigenvalue weighted by Gasteiger charge is -2.30. The maximum Gasteiger partial charge on any atom is 0.143 e. The highest BCUT2D eigenvalue weighted by molar-refractivity contribution is 6.73. The van der Waals surface area contributed by atoms with Crippen LogP contribution in [-0.2, 0) is 0 Å². The molecule has 0 bridgehead atoms. The largest absolute Gasteiger partial charge is 0.457 e. The highest BCUT2D eigenvalue weighted by Gasteiger charge is 2.29. The van der Waals surface area contributed by atoms with Crippen LogP contribution in [0.4, 0.5) is 0 Å². The van der Waals surface area contributed by atoms with Crippen LogP contribution in [0.15, 0.2) is 83.3 Å². The zero-order valence-electron chi connectivity index (χ0n) is 39.4. The van der Waals surface area contributed by atoms with E-state index in [2.05, 4.69) is 197 Å². The normalized spacial score (nSPS) is 11.9. The van der Waals surface area contributed by atoms with Gasteiger partial charge in [0.25, 0.3) is 0 Å². The van der Waals surface area contributed by atoms with E-state index in [-0.39, 0.29) is 0 Å². The van der Waals surface area contributed by atoms with Gasteiger partial charge in [-0.3, -0.25) is 0 Å². The van der Waals surface area contributed by atoms with Crippen molar-refractivity contribution in [2.24, 2.45) is 0 Å². The Hall–Kier alpha value is -5.21. The molecule has 0 spiro atoms. The van der Waals surface area contributed by atoms with E-state index in [0.29, 0.717) is 0 Å². The third-order valence-corrected chi connectivity index (χ3v) is 16.2. The molecule has 278 valence electrons. The van der Waals surface area contributed by atoms with Gasteiger partial charge in [-0.2, -0.15) is 0 Å². The number of rotatable bonds is 3. The molecule has 0 aliphatic heterocycles. The number of hydrogen-bond donors (Lipinski definition) is 0. The minimum Gasteiger partial charge on any atom is -0.457 e. The molecule has 10 aromatic rings. The fourth-order valence-corrected chi connectivity index (χ4v) is 11.5. The molecule has 16 heteroatoms. The molecule has 0 radical (unpaired) electrons. The van der Waals surface area contributed by atoms with Crippen LogP contribution in [0.3, 0.4) is 0 Å². The number of hydrogen-bond acceptors (Lipinski definition) is 1. The van der Waals surface area contributed by atoms with Crippen molar-refractivity contribution in [3.8, 4) is 33.4 Å². The zero-order valence-corrected chi connectivity index (χ0v) is 39.4. The van der Waals surface area contributed by atoms with Gasteiger partial charge in [0, 0.05) is 10.8 Å². The molecule has 62 heavy (non-hydrogen) atoms. The van der Waals surface area contributed by atoms with Crippen molar-refractivity contribution in [2.75, 3.05) is 0 Å². The van der Waals surface area contributed by atoms with Crippen LogP contribution in [0.1, 0.15) is 0 Å². The third kappa shape index (κ3) is 5.44. The molecular weight excluding hydrogens is 731 g/mol. The van der Waals surface area contributed by atoms with Gasteiger partial charge in [0.15, 0.2) is 0 Å². The molecule has 10 rings (SSSR count). The first-order chi connectivity index (χ1) is 29.6. The van der Waals surface area contributed by atoms with Crippen molar-refractivity contribution in [2.45, 2.75) is 0 Å². The van der Waals surface area contributed by atoms with E-state index in [4.69, 9.17) is 4.42 Å². The van der Waals surface area contributed by atoms with E-state index >= 15 is 0 Å². The zero-order chi connectivity index (χ0) is 44.0. The van der Waals surface area contributed by atoms with Gasteiger partial charge in [0.05, 0.1) is 0 Å². The Morgan fingerprint density at radius 3 is 1.26 bits per heavy atom. The molecule has 0 aliphatic carbocycles. The average Bonchev–Trinajstić information content (AvgIpc) is 3.70. The lowest BCUT2D eigenvalue weighted by molar-refractivity contribution is 0.675. The number of fused-ring (bicyclic) bond motifs is 8. The van der Waals surface area contributed by atoms with Gasteiger partial charge in [-0.25, -0.2) is 0 Å². The first-order valence-electron chi connectivity index (χ1n) is 22.5. The van der Waals surface area contributed by atoms with E-state index in [1.54, 1.807) is 0 Å². The van der Waals surface area contributed by atoms with Gasteiger partial charge in [-0.15, -0.1) is 27.3 Å². The van der Waals surface area contributed by atoms with E-state index in [1.807, 2.05) is 0 Å². The maximum atomic E-state index is 6.99. The molecule has 1 aromatic heterocycles. The van der Waals surface area contributed by atoms with E-state index in [9.17, 15) is 0 Å². The van der Waals surface area contributed by atoms with Crippen molar-refractivity contribution >= 4 is 265 Å². The molecule has 9 aromatic carbocycles. The Bertz CT molecular complexity index is 3620. The van der Waals surface area contributed by atoms with Gasteiger partial charge in [0.2, 0.25) is 0 Å². The number of furan rings is 1. The monoisotopic (exact) mass is 776 g/mol. The molecule has 0 saturated carbocycles. The van der Waals surface area contributed by atoms with E-state index in [1.165, 1.54) is 169 Å². The second kappa shape index (κ2) is 14.4. The molecule has 1 nitrogen and oxygen atoms in total. The van der Waals surface area contributed by atoms with Gasteiger partial charge in [-0.1, -0.05) is 121 Å². The number of benzene rings is 9. The summed E-state index contributed by atoms with van der Waals surface area (Å²) in [4.78, 5) is 0. The molecule has 1 heterocycles. The van der Waals surface area contributed by atoms with Crippen LogP contribution < -0.4 is 81.9 Å². The molecule has 0 fully saturated rings. The standard InChI is InChI=1S/C46H43B15O/c47-30-27(35(52)43(60)45-28(30)29-36(53)41(58)42(59)44(61)46(29)62-45)22-25-23(31(48)37(54)39(56)33(25)50)21(24-26(22)34(51)40(57)38(55)32(24)49)16-8-5-7-14(12-16)20-13-15-6-1-2-9-17(15)18-10-3-4-11-19(18)20/h1-13H,47-61H2. The summed E-state index contributed by atoms with van der Waals surface area (Å²) in [5, 5.41) is 13.1. The maximum absolute atomic E-state index is 6.99. The lowest BCUT2D eigenvalue weighted by Crippen LogP contribution is -2.50. The molecular formula is C46H43B15O. The molecule has 0 N–H and O–H groups in total. The topological polar surface area (TPSA) is 13.1 Å². The molecule has 0 atom stereocenters. The van der Waals surface area contributed by atoms with Gasteiger partial charge >= 0.3 is 0 Å². The summed E-state index contributed by atoms with van der Waals surface area (Å²) in [7, 11) is 34.9. The van der Waals surface area contributed by atoms with Crippen LogP contribution in [-0.4, -0.2) is 118 Å². The van der Waals surface area contributed by atoms with Gasteiger partial charge in [0.1, 0.15) is 129 Å². The Kier molecular flexibility index (Phi) is 9.50. The summed E-state index contributed by atoms with van der Waals surface area (Å²) < 4.78 is 6.99. The molecule has 0 unspecified atom stereocenters. The predicted molar refractivity (Wildman–Crippen MR) is 323 cm³/mol. The summed E-state index contributed by atoms with van der Waals surface area (Å²) in [6.07, 6.45) is 0. The Labute approximate surface area is 379 Å². The summed E-state index contributed by atoms with van der Waals surface area (Å²) in [5.74, 6) is 0. The Balaban J connectivity index is 1.42. The van der Waals surface area contributed by atoms with Crippen LogP contribution in [0.5, 0.6) is 0 Å². The van der Waals surface area contributed by atoms with Crippen molar-refractivity contribution < 1.29 is 4.42 Å². The highest BCUT2D eigenvalue weighted by atomic mass is 16.3. The third-order valence-electron chi connectivity index (χ3n) is 16.2. The van der Waals surface area contributed by atoms with Gasteiger partial charge < -0.3 is 4.42 Å². The minimum atomic E-state index is 1.03. The quantitative estimate of drug-likeness (QED) is 0.0990.